The first-order chi connectivity index (χ1) is 21.6. The van der Waals surface area contributed by atoms with E-state index in [2.05, 4.69) is 31.9 Å². The molecule has 2 aromatic heterocycles. The molecule has 2 unspecified atom stereocenters. The number of aryl methyl sites for hydroxylation is 1. The molecule has 0 spiro atoms. The average molecular weight is 640 g/mol. The Morgan fingerprint density at radius 1 is 1.18 bits per heavy atom. The number of nitrogens with one attached hydrogen (secondary N) is 2. The third kappa shape index (κ3) is 10.5. The predicted molar refractivity (Wildman–Crippen MR) is 184 cm³/mol. The minimum atomic E-state index is -0.512. The van der Waals surface area contributed by atoms with E-state index in [4.69, 9.17) is 23.1 Å². The first-order valence-corrected chi connectivity index (χ1v) is 15.8. The SMILES string of the molecule is CCCC(NCCCN=C(C)N)c1ccc(-n2cc3cc(-c4cc(CCCC(C)N)cc(Cl)c4F)[nH]c3nc2=O)cc1.COC. The van der Waals surface area contributed by atoms with E-state index in [1.54, 1.807) is 45.5 Å². The number of hydrogen-bond donors (Lipinski definition) is 4. The van der Waals surface area contributed by atoms with Crippen molar-refractivity contribution < 1.29 is 9.13 Å². The summed E-state index contributed by atoms with van der Waals surface area (Å²) >= 11 is 6.25. The number of aromatic nitrogens is 3. The highest BCUT2D eigenvalue weighted by Crippen LogP contribution is 2.31. The van der Waals surface area contributed by atoms with Gasteiger partial charge in [0, 0.05) is 50.0 Å². The van der Waals surface area contributed by atoms with Crippen molar-refractivity contribution in [1.82, 2.24) is 19.9 Å². The average Bonchev–Trinajstić information content (AvgIpc) is 3.40. The fourth-order valence-corrected chi connectivity index (χ4v) is 5.33. The van der Waals surface area contributed by atoms with Crippen LogP contribution in [0.5, 0.6) is 0 Å². The highest BCUT2D eigenvalue weighted by Gasteiger charge is 2.16. The number of benzene rings is 2. The third-order valence-electron chi connectivity index (χ3n) is 7.25. The van der Waals surface area contributed by atoms with Gasteiger partial charge < -0.3 is 26.5 Å². The maximum atomic E-state index is 15.1. The molecular formula is C34H47ClFN7O2. The van der Waals surface area contributed by atoms with Gasteiger partial charge in [0.25, 0.3) is 0 Å². The molecule has 0 saturated carbocycles. The van der Waals surface area contributed by atoms with Crippen LogP contribution in [0, 0.1) is 5.82 Å². The van der Waals surface area contributed by atoms with Crippen LogP contribution in [-0.2, 0) is 11.2 Å². The number of aromatic amines is 1. The second-order valence-corrected chi connectivity index (χ2v) is 11.8. The van der Waals surface area contributed by atoms with Crippen LogP contribution < -0.4 is 22.5 Å². The first kappa shape index (κ1) is 35.9. The summed E-state index contributed by atoms with van der Waals surface area (Å²) in [6.45, 7) is 7.46. The molecule has 9 nitrogen and oxygen atoms in total. The zero-order chi connectivity index (χ0) is 32.9. The molecule has 0 aliphatic carbocycles. The minimum absolute atomic E-state index is 0.0598. The smallest absolute Gasteiger partial charge is 0.354 e. The van der Waals surface area contributed by atoms with Crippen LogP contribution >= 0.6 is 11.6 Å². The van der Waals surface area contributed by atoms with Gasteiger partial charge in [0.05, 0.1) is 22.2 Å². The predicted octanol–water partition coefficient (Wildman–Crippen LogP) is 6.30. The maximum absolute atomic E-state index is 15.1. The molecule has 244 valence electrons. The lowest BCUT2D eigenvalue weighted by atomic mass is 10.0. The summed E-state index contributed by atoms with van der Waals surface area (Å²) in [6.07, 6.45) is 7.15. The second kappa shape index (κ2) is 17.8. The van der Waals surface area contributed by atoms with E-state index in [0.717, 1.165) is 56.2 Å². The number of H-pyrrole nitrogens is 1. The number of methoxy groups -OCH3 is 1. The van der Waals surface area contributed by atoms with Crippen molar-refractivity contribution in [2.24, 2.45) is 16.5 Å². The molecule has 2 atom stereocenters. The molecule has 4 rings (SSSR count). The Morgan fingerprint density at radius 2 is 1.89 bits per heavy atom. The van der Waals surface area contributed by atoms with Gasteiger partial charge in [-0.1, -0.05) is 37.1 Å². The fourth-order valence-electron chi connectivity index (χ4n) is 5.09. The lowest BCUT2D eigenvalue weighted by Gasteiger charge is -2.19. The van der Waals surface area contributed by atoms with Crippen LogP contribution in [0.3, 0.4) is 0 Å². The van der Waals surface area contributed by atoms with Crippen LogP contribution in [0.25, 0.3) is 28.0 Å². The molecule has 4 aromatic rings. The molecule has 2 aromatic carbocycles. The molecule has 6 N–H and O–H groups in total. The lowest BCUT2D eigenvalue weighted by Crippen LogP contribution is -2.23. The first-order valence-electron chi connectivity index (χ1n) is 15.4. The van der Waals surface area contributed by atoms with Crippen LogP contribution in [0.2, 0.25) is 5.02 Å². The minimum Gasteiger partial charge on any atom is -0.388 e. The van der Waals surface area contributed by atoms with E-state index in [-0.39, 0.29) is 17.1 Å². The van der Waals surface area contributed by atoms with Gasteiger partial charge in [0.15, 0.2) is 5.82 Å². The van der Waals surface area contributed by atoms with E-state index in [9.17, 15) is 4.79 Å². The van der Waals surface area contributed by atoms with E-state index in [0.29, 0.717) is 40.4 Å². The van der Waals surface area contributed by atoms with E-state index >= 15 is 4.39 Å². The van der Waals surface area contributed by atoms with Gasteiger partial charge in [0.1, 0.15) is 5.65 Å². The number of aliphatic imine (C=N–C) groups is 1. The summed E-state index contributed by atoms with van der Waals surface area (Å²) in [5.41, 5.74) is 15.1. The molecule has 45 heavy (non-hydrogen) atoms. The Bertz CT molecular complexity index is 1590. The number of fused-ring (bicyclic) bond motifs is 1. The molecule has 2 heterocycles. The quantitative estimate of drug-likeness (QED) is 0.0726. The number of halogens is 2. The topological polar surface area (TPSA) is 136 Å². The molecule has 0 fully saturated rings. The molecule has 0 radical (unpaired) electrons. The van der Waals surface area contributed by atoms with Crippen LogP contribution in [-0.4, -0.2) is 53.7 Å². The molecule has 0 aliphatic heterocycles. The summed E-state index contributed by atoms with van der Waals surface area (Å²) in [4.78, 5) is 24.6. The Hall–Kier alpha value is -3.57. The zero-order valence-corrected chi connectivity index (χ0v) is 27.8. The standard InChI is InChI=1S/C32H41ClFN7O.C2H6O/c1-4-7-28(38-15-6-14-37-21(3)36)23-10-12-25(13-11-23)41-19-24-18-29(39-31(24)40-32(41)42)26-16-22(9-5-8-20(2)35)17-27(33)30(26)34;1-3-2/h10-13,16-20,28,38H,4-9,14-15,35H2,1-3H3,(H2,36,37)(H,39,40,42);1-2H3. The van der Waals surface area contributed by atoms with Crippen molar-refractivity contribution in [1.29, 1.82) is 0 Å². The molecule has 0 bridgehead atoms. The van der Waals surface area contributed by atoms with Gasteiger partial charge in [0.2, 0.25) is 0 Å². The Balaban J connectivity index is 0.00000177. The number of hydrogen-bond acceptors (Lipinski definition) is 6. The summed E-state index contributed by atoms with van der Waals surface area (Å²) in [6, 6.07) is 13.5. The number of ether oxygens (including phenoxy) is 1. The number of rotatable bonds is 14. The normalized spacial score (nSPS) is 13.0. The highest BCUT2D eigenvalue weighted by atomic mass is 35.5. The van der Waals surface area contributed by atoms with E-state index in [1.807, 2.05) is 31.2 Å². The Labute approximate surface area is 270 Å². The lowest BCUT2D eigenvalue weighted by molar-refractivity contribution is 0.277. The van der Waals surface area contributed by atoms with Crippen molar-refractivity contribution in [2.45, 2.75) is 71.4 Å². The van der Waals surface area contributed by atoms with Crippen molar-refractivity contribution in [3.63, 3.8) is 0 Å². The molecule has 0 saturated heterocycles. The monoisotopic (exact) mass is 639 g/mol. The molecule has 0 amide bonds. The van der Waals surface area contributed by atoms with Gasteiger partial charge in [-0.05, 0) is 94.0 Å². The molecule has 11 heteroatoms. The number of amidine groups is 1. The van der Waals surface area contributed by atoms with Gasteiger partial charge in [-0.2, -0.15) is 4.98 Å². The largest absolute Gasteiger partial charge is 0.388 e. The van der Waals surface area contributed by atoms with Gasteiger partial charge in [-0.25, -0.2) is 9.18 Å². The van der Waals surface area contributed by atoms with Crippen molar-refractivity contribution in [3.05, 3.63) is 81.1 Å². The van der Waals surface area contributed by atoms with Crippen LogP contribution in [0.4, 0.5) is 4.39 Å². The Morgan fingerprint density at radius 3 is 2.53 bits per heavy atom. The van der Waals surface area contributed by atoms with Crippen LogP contribution in [0.15, 0.2) is 58.4 Å². The molecule has 0 aliphatic rings. The number of nitrogens with zero attached hydrogens (tertiary/aromatic N) is 3. The van der Waals surface area contributed by atoms with E-state index < -0.39 is 11.5 Å². The third-order valence-corrected chi connectivity index (χ3v) is 7.52. The summed E-state index contributed by atoms with van der Waals surface area (Å²) in [5, 5.41) is 4.36. The second-order valence-electron chi connectivity index (χ2n) is 11.4. The summed E-state index contributed by atoms with van der Waals surface area (Å²) < 4.78 is 20.9. The highest BCUT2D eigenvalue weighted by molar-refractivity contribution is 6.31. The van der Waals surface area contributed by atoms with Gasteiger partial charge in [-0.3, -0.25) is 9.56 Å². The van der Waals surface area contributed by atoms with Crippen molar-refractivity contribution >= 4 is 28.5 Å². The summed E-state index contributed by atoms with van der Waals surface area (Å²) in [7, 11) is 3.25. The maximum Gasteiger partial charge on any atom is 0.354 e. The van der Waals surface area contributed by atoms with Gasteiger partial charge >= 0.3 is 5.69 Å². The van der Waals surface area contributed by atoms with Gasteiger partial charge in [-0.15, -0.1) is 0 Å². The Kier molecular flexibility index (Phi) is 14.2. The summed E-state index contributed by atoms with van der Waals surface area (Å²) in [5.74, 6) is 0.0893. The van der Waals surface area contributed by atoms with Crippen LogP contribution in [0.1, 0.15) is 70.0 Å². The number of nitrogens with two attached hydrogens (primary N) is 2. The van der Waals surface area contributed by atoms with E-state index in [1.165, 1.54) is 4.57 Å². The van der Waals surface area contributed by atoms with Crippen molar-refractivity contribution in [3.8, 4) is 16.9 Å². The van der Waals surface area contributed by atoms with Crippen molar-refractivity contribution in [2.75, 3.05) is 27.3 Å². The fraction of sp³-hybridized carbons (Fsp3) is 0.441. The molecular weight excluding hydrogens is 593 g/mol. The zero-order valence-electron chi connectivity index (χ0n) is 27.0.